The van der Waals surface area contributed by atoms with Crippen LogP contribution < -0.4 is 5.32 Å². The largest absolute Gasteiger partial charge is 0.381 e. The molecule has 1 saturated heterocycles. The van der Waals surface area contributed by atoms with Crippen LogP contribution in [0.3, 0.4) is 0 Å². The Balaban J connectivity index is 1.84. The van der Waals surface area contributed by atoms with Gasteiger partial charge in [0.05, 0.1) is 10.6 Å². The van der Waals surface area contributed by atoms with E-state index in [1.165, 1.54) is 0 Å². The lowest BCUT2D eigenvalue weighted by atomic mass is 9.57. The Bertz CT molecular complexity index is 517. The molecule has 3 rings (SSSR count). The minimum Gasteiger partial charge on any atom is -0.381 e. The summed E-state index contributed by atoms with van der Waals surface area (Å²) in [5, 5.41) is 3.54. The third-order valence-electron chi connectivity index (χ3n) is 4.68. The standard InChI is InChI=1S/C15H19BrFNO/c1-8-6-10(16)11(17)7-12(8)18-13-9-4-5-19-14(9)15(13,2)3/h6-7,9,13-14,18H,4-5H2,1-3H3. The summed E-state index contributed by atoms with van der Waals surface area (Å²) in [4.78, 5) is 0. The highest BCUT2D eigenvalue weighted by molar-refractivity contribution is 9.10. The number of nitrogens with one attached hydrogen (secondary N) is 1. The summed E-state index contributed by atoms with van der Waals surface area (Å²) in [5.41, 5.74) is 2.06. The van der Waals surface area contributed by atoms with E-state index in [0.717, 1.165) is 24.3 Å². The molecule has 104 valence electrons. The van der Waals surface area contributed by atoms with E-state index in [0.29, 0.717) is 22.5 Å². The Kier molecular flexibility index (Phi) is 3.13. The van der Waals surface area contributed by atoms with Crippen LogP contribution in [0.25, 0.3) is 0 Å². The maximum atomic E-state index is 13.7. The van der Waals surface area contributed by atoms with Gasteiger partial charge < -0.3 is 10.1 Å². The number of hydrogen-bond donors (Lipinski definition) is 1. The van der Waals surface area contributed by atoms with Crippen LogP contribution in [0.1, 0.15) is 25.8 Å². The van der Waals surface area contributed by atoms with Crippen molar-refractivity contribution in [2.45, 2.75) is 39.3 Å². The molecule has 0 spiro atoms. The third-order valence-corrected chi connectivity index (χ3v) is 5.29. The molecule has 2 fully saturated rings. The second-order valence-electron chi connectivity index (χ2n) is 6.27. The predicted molar refractivity (Wildman–Crippen MR) is 77.9 cm³/mol. The van der Waals surface area contributed by atoms with Gasteiger partial charge in [-0.25, -0.2) is 4.39 Å². The van der Waals surface area contributed by atoms with Crippen LogP contribution in [0.4, 0.5) is 10.1 Å². The Morgan fingerprint density at radius 1 is 1.42 bits per heavy atom. The van der Waals surface area contributed by atoms with Gasteiger partial charge in [-0.1, -0.05) is 13.8 Å². The first kappa shape index (κ1) is 13.4. The van der Waals surface area contributed by atoms with Gasteiger partial charge in [-0.3, -0.25) is 0 Å². The highest BCUT2D eigenvalue weighted by Gasteiger charge is 2.59. The van der Waals surface area contributed by atoms with E-state index in [9.17, 15) is 4.39 Å². The molecule has 3 unspecified atom stereocenters. The zero-order chi connectivity index (χ0) is 13.8. The number of ether oxygens (including phenoxy) is 1. The van der Waals surface area contributed by atoms with Crippen LogP contribution in [0, 0.1) is 24.1 Å². The van der Waals surface area contributed by atoms with E-state index >= 15 is 0 Å². The molecule has 3 atom stereocenters. The molecule has 1 saturated carbocycles. The molecule has 0 amide bonds. The summed E-state index contributed by atoms with van der Waals surface area (Å²) >= 11 is 3.22. The van der Waals surface area contributed by atoms with Gasteiger partial charge in [0.15, 0.2) is 0 Å². The normalized spacial score (nSPS) is 31.7. The predicted octanol–water partition coefficient (Wildman–Crippen LogP) is 4.12. The molecule has 1 heterocycles. The SMILES string of the molecule is Cc1cc(Br)c(F)cc1NC1C2CCOC2C1(C)C. The van der Waals surface area contributed by atoms with E-state index in [2.05, 4.69) is 35.1 Å². The topological polar surface area (TPSA) is 21.3 Å². The number of fused-ring (bicyclic) bond motifs is 1. The fourth-order valence-corrected chi connectivity index (χ4v) is 4.04. The summed E-state index contributed by atoms with van der Waals surface area (Å²) < 4.78 is 20.0. The van der Waals surface area contributed by atoms with Gasteiger partial charge in [-0.2, -0.15) is 0 Å². The number of anilines is 1. The first-order chi connectivity index (χ1) is 8.91. The number of hydrogen-bond acceptors (Lipinski definition) is 2. The molecule has 1 aromatic rings. The number of aryl methyl sites for hydroxylation is 1. The lowest BCUT2D eigenvalue weighted by Gasteiger charge is -2.55. The van der Waals surface area contributed by atoms with Gasteiger partial charge >= 0.3 is 0 Å². The molecular formula is C15H19BrFNO. The maximum Gasteiger partial charge on any atom is 0.139 e. The van der Waals surface area contributed by atoms with Gasteiger partial charge in [0, 0.05) is 29.7 Å². The molecule has 2 nitrogen and oxygen atoms in total. The van der Waals surface area contributed by atoms with Crippen LogP contribution in [-0.4, -0.2) is 18.8 Å². The Labute approximate surface area is 121 Å². The van der Waals surface area contributed by atoms with E-state index < -0.39 is 0 Å². The van der Waals surface area contributed by atoms with Gasteiger partial charge in [-0.15, -0.1) is 0 Å². The second kappa shape index (κ2) is 4.45. The van der Waals surface area contributed by atoms with Crippen LogP contribution in [-0.2, 0) is 4.74 Å². The highest BCUT2D eigenvalue weighted by atomic mass is 79.9. The summed E-state index contributed by atoms with van der Waals surface area (Å²) in [5.74, 6) is 0.338. The fraction of sp³-hybridized carbons (Fsp3) is 0.600. The summed E-state index contributed by atoms with van der Waals surface area (Å²) in [6, 6.07) is 3.77. The maximum absolute atomic E-state index is 13.7. The van der Waals surface area contributed by atoms with Crippen LogP contribution in [0.2, 0.25) is 0 Å². The van der Waals surface area contributed by atoms with Crippen molar-refractivity contribution < 1.29 is 9.13 Å². The number of halogens is 2. The third kappa shape index (κ3) is 2.00. The monoisotopic (exact) mass is 327 g/mol. The van der Waals surface area contributed by atoms with E-state index in [1.807, 2.05) is 13.0 Å². The fourth-order valence-electron chi connectivity index (χ4n) is 3.59. The minimum atomic E-state index is -0.218. The lowest BCUT2D eigenvalue weighted by Crippen LogP contribution is -2.63. The van der Waals surface area contributed by atoms with Gasteiger partial charge in [-0.05, 0) is 47.0 Å². The van der Waals surface area contributed by atoms with Gasteiger partial charge in [0.25, 0.3) is 0 Å². The number of rotatable bonds is 2. The van der Waals surface area contributed by atoms with Crippen molar-refractivity contribution in [1.82, 2.24) is 0 Å². The molecule has 2 aliphatic rings. The molecule has 0 radical (unpaired) electrons. The Morgan fingerprint density at radius 2 is 2.16 bits per heavy atom. The molecular weight excluding hydrogens is 309 g/mol. The summed E-state index contributed by atoms with van der Waals surface area (Å²) in [6.45, 7) is 7.30. The molecule has 4 heteroatoms. The van der Waals surface area contributed by atoms with Gasteiger partial charge in [0.2, 0.25) is 0 Å². The number of benzene rings is 1. The van der Waals surface area contributed by atoms with Crippen molar-refractivity contribution in [3.8, 4) is 0 Å². The molecule has 19 heavy (non-hydrogen) atoms. The molecule has 0 aromatic heterocycles. The molecule has 1 aliphatic heterocycles. The molecule has 1 N–H and O–H groups in total. The van der Waals surface area contributed by atoms with Crippen LogP contribution in [0.15, 0.2) is 16.6 Å². The first-order valence-electron chi connectivity index (χ1n) is 6.75. The zero-order valence-electron chi connectivity index (χ0n) is 11.5. The Morgan fingerprint density at radius 3 is 2.89 bits per heavy atom. The van der Waals surface area contributed by atoms with Crippen LogP contribution in [0.5, 0.6) is 0 Å². The molecule has 1 aromatic carbocycles. The van der Waals surface area contributed by atoms with E-state index in [1.54, 1.807) is 6.07 Å². The van der Waals surface area contributed by atoms with E-state index in [4.69, 9.17) is 4.74 Å². The summed E-state index contributed by atoms with van der Waals surface area (Å²) in [7, 11) is 0. The van der Waals surface area contributed by atoms with E-state index in [-0.39, 0.29) is 11.2 Å². The van der Waals surface area contributed by atoms with Crippen molar-refractivity contribution in [2.24, 2.45) is 11.3 Å². The average molecular weight is 328 g/mol. The lowest BCUT2D eigenvalue weighted by molar-refractivity contribution is -0.0923. The minimum absolute atomic E-state index is 0.108. The quantitative estimate of drug-likeness (QED) is 0.882. The molecule has 1 aliphatic carbocycles. The van der Waals surface area contributed by atoms with Gasteiger partial charge in [0.1, 0.15) is 5.82 Å². The smallest absolute Gasteiger partial charge is 0.139 e. The highest BCUT2D eigenvalue weighted by Crippen LogP contribution is 2.53. The van der Waals surface area contributed by atoms with Crippen molar-refractivity contribution in [3.05, 3.63) is 28.0 Å². The van der Waals surface area contributed by atoms with Crippen LogP contribution >= 0.6 is 15.9 Å². The van der Waals surface area contributed by atoms with Crippen molar-refractivity contribution >= 4 is 21.6 Å². The van der Waals surface area contributed by atoms with Crippen molar-refractivity contribution in [1.29, 1.82) is 0 Å². The molecule has 0 bridgehead atoms. The van der Waals surface area contributed by atoms with Crippen molar-refractivity contribution in [3.63, 3.8) is 0 Å². The summed E-state index contributed by atoms with van der Waals surface area (Å²) in [6.07, 6.45) is 1.45. The Hall–Kier alpha value is -0.610. The first-order valence-corrected chi connectivity index (χ1v) is 7.54. The zero-order valence-corrected chi connectivity index (χ0v) is 13.1. The van der Waals surface area contributed by atoms with Crippen molar-refractivity contribution in [2.75, 3.05) is 11.9 Å². The second-order valence-corrected chi connectivity index (χ2v) is 7.12. The average Bonchev–Trinajstić information content (AvgIpc) is 2.78.